The third kappa shape index (κ3) is 8.12. The van der Waals surface area contributed by atoms with Crippen molar-refractivity contribution < 1.29 is 0 Å². The van der Waals surface area contributed by atoms with E-state index in [0.717, 1.165) is 13.1 Å². The summed E-state index contributed by atoms with van der Waals surface area (Å²) in [6, 6.07) is 0. The number of nitrogens with one attached hydrogen (secondary N) is 1. The van der Waals surface area contributed by atoms with E-state index < -0.39 is 0 Å². The van der Waals surface area contributed by atoms with Gasteiger partial charge in [0.25, 0.3) is 0 Å². The van der Waals surface area contributed by atoms with Crippen LogP contribution in [0, 0.1) is 5.41 Å². The first-order valence-electron chi connectivity index (χ1n) is 6.67. The van der Waals surface area contributed by atoms with Crippen molar-refractivity contribution in [1.29, 1.82) is 0 Å². The van der Waals surface area contributed by atoms with Crippen molar-refractivity contribution in [3.8, 4) is 0 Å². The second kappa shape index (κ2) is 6.61. The van der Waals surface area contributed by atoms with Crippen LogP contribution < -0.4 is 5.32 Å². The van der Waals surface area contributed by atoms with Gasteiger partial charge in [-0.2, -0.15) is 0 Å². The van der Waals surface area contributed by atoms with E-state index >= 15 is 0 Å². The predicted octanol–water partition coefficient (Wildman–Crippen LogP) is 3.13. The van der Waals surface area contributed by atoms with E-state index in [-0.39, 0.29) is 5.54 Å². The van der Waals surface area contributed by atoms with Crippen LogP contribution in [0.1, 0.15) is 54.9 Å². The van der Waals surface area contributed by atoms with Gasteiger partial charge in [-0.3, -0.25) is 0 Å². The SMILES string of the molecule is CCCN(CC)CC(C)(C)CNC(C)(C)C. The van der Waals surface area contributed by atoms with Crippen LogP contribution in [0.2, 0.25) is 0 Å². The molecule has 2 heteroatoms. The Morgan fingerprint density at radius 2 is 1.56 bits per heavy atom. The Kier molecular flexibility index (Phi) is 6.57. The molecule has 2 nitrogen and oxygen atoms in total. The Labute approximate surface area is 103 Å². The average molecular weight is 228 g/mol. The fourth-order valence-electron chi connectivity index (χ4n) is 1.83. The average Bonchev–Trinajstić information content (AvgIpc) is 2.13. The zero-order chi connectivity index (χ0) is 12.8. The van der Waals surface area contributed by atoms with Crippen molar-refractivity contribution in [2.24, 2.45) is 5.41 Å². The molecule has 0 spiro atoms. The number of nitrogens with zero attached hydrogens (tertiary/aromatic N) is 1. The summed E-state index contributed by atoms with van der Waals surface area (Å²) in [5.74, 6) is 0. The number of hydrogen-bond donors (Lipinski definition) is 1. The van der Waals surface area contributed by atoms with E-state index in [1.54, 1.807) is 0 Å². The van der Waals surface area contributed by atoms with Gasteiger partial charge in [-0.25, -0.2) is 0 Å². The standard InChI is InChI=1S/C14H32N2/c1-8-10-16(9-2)12-14(6,7)11-15-13(3,4)5/h15H,8-12H2,1-7H3. The van der Waals surface area contributed by atoms with Crippen molar-refractivity contribution in [2.75, 3.05) is 26.2 Å². The third-order valence-electron chi connectivity index (χ3n) is 2.74. The lowest BCUT2D eigenvalue weighted by Crippen LogP contribution is -2.46. The van der Waals surface area contributed by atoms with Crippen LogP contribution in [-0.2, 0) is 0 Å². The molecule has 0 saturated heterocycles. The quantitative estimate of drug-likeness (QED) is 0.720. The van der Waals surface area contributed by atoms with Crippen LogP contribution in [0.15, 0.2) is 0 Å². The topological polar surface area (TPSA) is 15.3 Å². The molecular weight excluding hydrogens is 196 g/mol. The highest BCUT2D eigenvalue weighted by Crippen LogP contribution is 2.17. The molecule has 0 bridgehead atoms. The van der Waals surface area contributed by atoms with Gasteiger partial charge < -0.3 is 10.2 Å². The van der Waals surface area contributed by atoms with Crippen molar-refractivity contribution in [2.45, 2.75) is 60.4 Å². The molecule has 0 heterocycles. The van der Waals surface area contributed by atoms with Crippen molar-refractivity contribution in [3.05, 3.63) is 0 Å². The molecule has 98 valence electrons. The highest BCUT2D eigenvalue weighted by Gasteiger charge is 2.22. The molecule has 0 aromatic carbocycles. The maximum atomic E-state index is 3.61. The number of hydrogen-bond acceptors (Lipinski definition) is 2. The van der Waals surface area contributed by atoms with Crippen LogP contribution in [0.5, 0.6) is 0 Å². The Bertz CT molecular complexity index is 180. The highest BCUT2D eigenvalue weighted by atomic mass is 15.1. The molecule has 0 rings (SSSR count). The van der Waals surface area contributed by atoms with E-state index in [1.165, 1.54) is 19.5 Å². The van der Waals surface area contributed by atoms with Gasteiger partial charge in [0.1, 0.15) is 0 Å². The second-order valence-corrected chi connectivity index (χ2v) is 6.64. The Hall–Kier alpha value is -0.0800. The van der Waals surface area contributed by atoms with Gasteiger partial charge >= 0.3 is 0 Å². The molecule has 0 unspecified atom stereocenters. The first-order chi connectivity index (χ1) is 7.20. The molecule has 1 N–H and O–H groups in total. The zero-order valence-electron chi connectivity index (χ0n) is 12.5. The molecule has 0 saturated carbocycles. The van der Waals surface area contributed by atoms with E-state index in [0.29, 0.717) is 5.41 Å². The Balaban J connectivity index is 4.11. The third-order valence-corrected chi connectivity index (χ3v) is 2.74. The van der Waals surface area contributed by atoms with Crippen molar-refractivity contribution in [1.82, 2.24) is 10.2 Å². The maximum absolute atomic E-state index is 3.61. The summed E-state index contributed by atoms with van der Waals surface area (Å²) < 4.78 is 0. The molecule has 16 heavy (non-hydrogen) atoms. The molecule has 0 radical (unpaired) electrons. The van der Waals surface area contributed by atoms with E-state index in [4.69, 9.17) is 0 Å². The van der Waals surface area contributed by atoms with Gasteiger partial charge in [0.2, 0.25) is 0 Å². The minimum atomic E-state index is 0.221. The normalized spacial score (nSPS) is 13.5. The molecule has 0 aliphatic heterocycles. The smallest absolute Gasteiger partial charge is 0.00967 e. The minimum absolute atomic E-state index is 0.221. The second-order valence-electron chi connectivity index (χ2n) is 6.64. The molecular formula is C14H32N2. The summed E-state index contributed by atoms with van der Waals surface area (Å²) in [6.45, 7) is 20.5. The maximum Gasteiger partial charge on any atom is 0.00967 e. The van der Waals surface area contributed by atoms with Crippen LogP contribution in [-0.4, -0.2) is 36.6 Å². The fraction of sp³-hybridized carbons (Fsp3) is 1.00. The first kappa shape index (κ1) is 15.9. The predicted molar refractivity (Wildman–Crippen MR) is 73.9 cm³/mol. The first-order valence-corrected chi connectivity index (χ1v) is 6.67. The van der Waals surface area contributed by atoms with Gasteiger partial charge in [-0.1, -0.05) is 27.7 Å². The molecule has 0 aromatic heterocycles. The summed E-state index contributed by atoms with van der Waals surface area (Å²) in [7, 11) is 0. The van der Waals surface area contributed by atoms with Gasteiger partial charge in [0.05, 0.1) is 0 Å². The summed E-state index contributed by atoms with van der Waals surface area (Å²) in [4.78, 5) is 2.55. The summed E-state index contributed by atoms with van der Waals surface area (Å²) in [6.07, 6.45) is 1.25. The zero-order valence-corrected chi connectivity index (χ0v) is 12.5. The van der Waals surface area contributed by atoms with Crippen LogP contribution >= 0.6 is 0 Å². The highest BCUT2D eigenvalue weighted by molar-refractivity contribution is 4.80. The lowest BCUT2D eigenvalue weighted by Gasteiger charge is -2.34. The Morgan fingerprint density at radius 3 is 1.94 bits per heavy atom. The monoisotopic (exact) mass is 228 g/mol. The molecule has 0 aliphatic carbocycles. The molecule has 0 atom stereocenters. The summed E-state index contributed by atoms with van der Waals surface area (Å²) >= 11 is 0. The van der Waals surface area contributed by atoms with Crippen molar-refractivity contribution in [3.63, 3.8) is 0 Å². The van der Waals surface area contributed by atoms with Gasteiger partial charge in [0.15, 0.2) is 0 Å². The lowest BCUT2D eigenvalue weighted by molar-refractivity contribution is 0.171. The van der Waals surface area contributed by atoms with Crippen molar-refractivity contribution >= 4 is 0 Å². The molecule has 0 aliphatic rings. The van der Waals surface area contributed by atoms with Crippen LogP contribution in [0.4, 0.5) is 0 Å². The van der Waals surface area contributed by atoms with E-state index in [9.17, 15) is 0 Å². The Morgan fingerprint density at radius 1 is 1.00 bits per heavy atom. The van der Waals surface area contributed by atoms with Gasteiger partial charge in [-0.15, -0.1) is 0 Å². The minimum Gasteiger partial charge on any atom is -0.311 e. The molecule has 0 amide bonds. The fourth-order valence-corrected chi connectivity index (χ4v) is 1.83. The molecule has 0 fully saturated rings. The largest absolute Gasteiger partial charge is 0.311 e. The van der Waals surface area contributed by atoms with Gasteiger partial charge in [-0.05, 0) is 45.7 Å². The van der Waals surface area contributed by atoms with Crippen LogP contribution in [0.3, 0.4) is 0 Å². The van der Waals surface area contributed by atoms with E-state index in [2.05, 4.69) is 58.7 Å². The van der Waals surface area contributed by atoms with Crippen LogP contribution in [0.25, 0.3) is 0 Å². The molecule has 0 aromatic rings. The summed E-state index contributed by atoms with van der Waals surface area (Å²) in [5.41, 5.74) is 0.567. The summed E-state index contributed by atoms with van der Waals surface area (Å²) in [5, 5.41) is 3.61. The van der Waals surface area contributed by atoms with E-state index in [1.807, 2.05) is 0 Å². The number of rotatable bonds is 7. The van der Waals surface area contributed by atoms with Gasteiger partial charge in [0, 0.05) is 18.6 Å². The lowest BCUT2D eigenvalue weighted by atomic mass is 9.91.